The van der Waals surface area contributed by atoms with E-state index in [9.17, 15) is 14.4 Å². The number of carbonyl (C=O) groups is 3. The van der Waals surface area contributed by atoms with E-state index in [1.165, 1.54) is 25.7 Å². The van der Waals surface area contributed by atoms with Crippen LogP contribution in [-0.2, 0) is 14.3 Å². The van der Waals surface area contributed by atoms with Gasteiger partial charge in [-0.15, -0.1) is 0 Å². The molecule has 160 valence electrons. The number of nitrogens with zero attached hydrogens (tertiary/aromatic N) is 1. The molecule has 4 atom stereocenters. The first-order chi connectivity index (χ1) is 14.7. The third kappa shape index (κ3) is 3.51. The fraction of sp³-hybridized carbons (Fsp3) is 0.640. The molecule has 0 N–H and O–H groups in total. The topological polar surface area (TPSA) is 67.0 Å². The highest BCUT2D eigenvalue weighted by Crippen LogP contribution is 2.46. The van der Waals surface area contributed by atoms with Crippen molar-refractivity contribution in [2.75, 3.05) is 0 Å². The van der Waals surface area contributed by atoms with Crippen LogP contribution in [0.15, 0.2) is 30.3 Å². The van der Waals surface area contributed by atoms with Crippen LogP contribution in [0.4, 0.5) is 0 Å². The van der Waals surface area contributed by atoms with Crippen LogP contribution in [-0.4, -0.2) is 46.7 Å². The standard InChI is InChI=1S/C25H31NO4/c27-21(16-10-4-1-5-11-16)19-20(24-23(30-24)17-12-6-2-7-13-17)26(25(29)22(19)28)18-14-8-3-9-15-18/h1,4-5,10-11,17-20,23-24H,2-3,6-9,12-15H2. The third-order valence-electron chi connectivity index (χ3n) is 7.71. The average molecular weight is 410 g/mol. The molecular weight excluding hydrogens is 378 g/mol. The molecule has 30 heavy (non-hydrogen) atoms. The van der Waals surface area contributed by atoms with Crippen LogP contribution in [0, 0.1) is 11.8 Å². The molecule has 0 spiro atoms. The number of rotatable bonds is 5. The first kappa shape index (κ1) is 19.9. The number of ketones is 2. The van der Waals surface area contributed by atoms with E-state index in [4.69, 9.17) is 4.74 Å². The van der Waals surface area contributed by atoms with Crippen molar-refractivity contribution in [3.63, 3.8) is 0 Å². The van der Waals surface area contributed by atoms with Crippen molar-refractivity contribution in [1.29, 1.82) is 0 Å². The Morgan fingerprint density at radius 1 is 0.833 bits per heavy atom. The Bertz CT molecular complexity index is 810. The van der Waals surface area contributed by atoms with Gasteiger partial charge in [-0.2, -0.15) is 0 Å². The molecule has 0 bridgehead atoms. The number of benzene rings is 1. The van der Waals surface area contributed by atoms with Crippen LogP contribution in [0.2, 0.25) is 0 Å². The summed E-state index contributed by atoms with van der Waals surface area (Å²) in [7, 11) is 0. The maximum absolute atomic E-state index is 13.4. The Kier molecular flexibility index (Phi) is 5.48. The summed E-state index contributed by atoms with van der Waals surface area (Å²) in [6.45, 7) is 0. The lowest BCUT2D eigenvalue weighted by atomic mass is 9.81. The second-order valence-corrected chi connectivity index (χ2v) is 9.53. The summed E-state index contributed by atoms with van der Waals surface area (Å²) in [6.07, 6.45) is 11.1. The number of likely N-dealkylation sites (tertiary alicyclic amines) is 1. The van der Waals surface area contributed by atoms with Crippen LogP contribution < -0.4 is 0 Å². The molecule has 2 saturated carbocycles. The Balaban J connectivity index is 1.46. The third-order valence-corrected chi connectivity index (χ3v) is 7.71. The van der Waals surface area contributed by atoms with E-state index in [0.29, 0.717) is 11.5 Å². The van der Waals surface area contributed by atoms with Crippen LogP contribution in [0.3, 0.4) is 0 Å². The molecule has 1 amide bonds. The highest BCUT2D eigenvalue weighted by Gasteiger charge is 2.63. The molecule has 5 heteroatoms. The van der Waals surface area contributed by atoms with Gasteiger partial charge >= 0.3 is 0 Å². The van der Waals surface area contributed by atoms with E-state index >= 15 is 0 Å². The van der Waals surface area contributed by atoms with Crippen LogP contribution in [0.1, 0.15) is 74.6 Å². The van der Waals surface area contributed by atoms with Gasteiger partial charge in [0.1, 0.15) is 12.0 Å². The highest BCUT2D eigenvalue weighted by atomic mass is 16.6. The summed E-state index contributed by atoms with van der Waals surface area (Å²) in [6, 6.07) is 8.58. The second-order valence-electron chi connectivity index (χ2n) is 9.53. The minimum Gasteiger partial charge on any atom is -0.367 e. The molecule has 4 fully saturated rings. The Morgan fingerprint density at radius 3 is 2.13 bits per heavy atom. The number of hydrogen-bond donors (Lipinski definition) is 0. The van der Waals surface area contributed by atoms with Gasteiger partial charge in [0.2, 0.25) is 5.78 Å². The number of epoxide rings is 1. The summed E-state index contributed by atoms with van der Waals surface area (Å²) >= 11 is 0. The molecule has 5 rings (SSSR count). The predicted molar refractivity (Wildman–Crippen MR) is 112 cm³/mol. The first-order valence-electron chi connectivity index (χ1n) is 11.8. The Hall–Kier alpha value is -2.01. The lowest BCUT2D eigenvalue weighted by molar-refractivity contribution is -0.142. The second kappa shape index (κ2) is 8.26. The van der Waals surface area contributed by atoms with Gasteiger partial charge in [-0.3, -0.25) is 14.4 Å². The van der Waals surface area contributed by atoms with Crippen molar-refractivity contribution >= 4 is 17.5 Å². The lowest BCUT2D eigenvalue weighted by Crippen LogP contribution is -2.48. The fourth-order valence-corrected chi connectivity index (χ4v) is 6.14. The van der Waals surface area contributed by atoms with Gasteiger partial charge in [0.25, 0.3) is 5.91 Å². The van der Waals surface area contributed by atoms with Crippen molar-refractivity contribution in [3.05, 3.63) is 35.9 Å². The molecule has 1 aromatic rings. The minimum absolute atomic E-state index is 0.0602. The van der Waals surface area contributed by atoms with E-state index in [-0.39, 0.29) is 24.0 Å². The number of carbonyl (C=O) groups excluding carboxylic acids is 3. The van der Waals surface area contributed by atoms with Crippen LogP contribution >= 0.6 is 0 Å². The average Bonchev–Trinajstić information content (AvgIpc) is 3.55. The van der Waals surface area contributed by atoms with Crippen molar-refractivity contribution in [2.24, 2.45) is 11.8 Å². The van der Waals surface area contributed by atoms with Gasteiger partial charge in [-0.1, -0.05) is 68.9 Å². The summed E-state index contributed by atoms with van der Waals surface area (Å²) in [4.78, 5) is 41.5. The van der Waals surface area contributed by atoms with Gasteiger partial charge in [-0.05, 0) is 31.6 Å². The zero-order valence-electron chi connectivity index (χ0n) is 17.5. The van der Waals surface area contributed by atoms with Gasteiger partial charge in [-0.25, -0.2) is 0 Å². The number of hydrogen-bond acceptors (Lipinski definition) is 4. The molecule has 1 aromatic carbocycles. The number of ether oxygens (including phenoxy) is 1. The number of amides is 1. The smallest absolute Gasteiger partial charge is 0.291 e. The van der Waals surface area contributed by atoms with Gasteiger partial charge in [0.15, 0.2) is 5.78 Å². The van der Waals surface area contributed by atoms with E-state index in [2.05, 4.69) is 0 Å². The zero-order chi connectivity index (χ0) is 20.7. The molecule has 2 heterocycles. The van der Waals surface area contributed by atoms with Crippen molar-refractivity contribution in [1.82, 2.24) is 4.90 Å². The van der Waals surface area contributed by atoms with Crippen molar-refractivity contribution in [2.45, 2.75) is 88.5 Å². The lowest BCUT2D eigenvalue weighted by Gasteiger charge is -2.36. The Morgan fingerprint density at radius 2 is 1.47 bits per heavy atom. The normalized spacial score (nSPS) is 33.1. The molecule has 5 nitrogen and oxygen atoms in total. The first-order valence-corrected chi connectivity index (χ1v) is 11.8. The minimum atomic E-state index is -0.930. The maximum atomic E-state index is 13.4. The molecule has 0 radical (unpaired) electrons. The summed E-state index contributed by atoms with van der Waals surface area (Å²) in [5, 5.41) is 0. The fourth-order valence-electron chi connectivity index (χ4n) is 6.14. The molecule has 4 aliphatic rings. The van der Waals surface area contributed by atoms with E-state index in [1.54, 1.807) is 29.2 Å². The van der Waals surface area contributed by atoms with E-state index in [0.717, 1.165) is 38.5 Å². The zero-order valence-corrected chi connectivity index (χ0v) is 17.5. The van der Waals surface area contributed by atoms with Crippen LogP contribution in [0.5, 0.6) is 0 Å². The molecule has 2 aliphatic carbocycles. The quantitative estimate of drug-likeness (QED) is 0.320. The van der Waals surface area contributed by atoms with Crippen molar-refractivity contribution < 1.29 is 19.1 Å². The molecule has 2 aliphatic heterocycles. The highest BCUT2D eigenvalue weighted by molar-refractivity contribution is 6.44. The molecular formula is C25H31NO4. The summed E-state index contributed by atoms with van der Waals surface area (Å²) in [5.74, 6) is -1.65. The monoisotopic (exact) mass is 409 g/mol. The molecule has 0 aromatic heterocycles. The van der Waals surface area contributed by atoms with Gasteiger partial charge < -0.3 is 9.64 Å². The molecule has 4 unspecified atom stereocenters. The predicted octanol–water partition coefficient (Wildman–Crippen LogP) is 3.95. The SMILES string of the molecule is O=C1C(=O)N(C2CCCCC2)C(C2OC2C2CCCCC2)C1C(=O)c1ccccc1. The number of Topliss-reactive ketones (excluding diaryl/α,β-unsaturated/α-hetero) is 2. The largest absolute Gasteiger partial charge is 0.367 e. The van der Waals surface area contributed by atoms with Gasteiger partial charge in [0, 0.05) is 11.6 Å². The Labute approximate surface area is 178 Å². The molecule has 2 saturated heterocycles. The summed E-state index contributed by atoms with van der Waals surface area (Å²) < 4.78 is 6.18. The van der Waals surface area contributed by atoms with Crippen LogP contribution in [0.25, 0.3) is 0 Å². The van der Waals surface area contributed by atoms with E-state index in [1.807, 2.05) is 6.07 Å². The maximum Gasteiger partial charge on any atom is 0.291 e. The van der Waals surface area contributed by atoms with Gasteiger partial charge in [0.05, 0.1) is 12.1 Å². The van der Waals surface area contributed by atoms with Crippen molar-refractivity contribution in [3.8, 4) is 0 Å². The van der Waals surface area contributed by atoms with E-state index < -0.39 is 23.7 Å². The summed E-state index contributed by atoms with van der Waals surface area (Å²) in [5.41, 5.74) is 0.508.